The third-order valence-corrected chi connectivity index (χ3v) is 4.33. The van der Waals surface area contributed by atoms with Gasteiger partial charge in [0.1, 0.15) is 0 Å². The Morgan fingerprint density at radius 1 is 1.26 bits per heavy atom. The molecule has 0 N–H and O–H groups in total. The summed E-state index contributed by atoms with van der Waals surface area (Å²) in [5.41, 5.74) is 1.12. The highest BCUT2D eigenvalue weighted by atomic mass is 79.9. The standard InChI is InChI=1S/C15H20BrN5O2/c1-5-19(6-2)14(22)21-15(23)20(17-18-21)11-7-8-12(10(3)4)13(16)9-11/h7-10H,5-6H2,1-4H3. The van der Waals surface area contributed by atoms with Gasteiger partial charge in [-0.15, -0.1) is 4.68 Å². The highest BCUT2D eigenvalue weighted by Crippen LogP contribution is 2.26. The fraction of sp³-hybridized carbons (Fsp3) is 0.467. The summed E-state index contributed by atoms with van der Waals surface area (Å²) in [5.74, 6) is 0.357. The van der Waals surface area contributed by atoms with Gasteiger partial charge in [-0.25, -0.2) is 9.59 Å². The molecule has 0 saturated carbocycles. The van der Waals surface area contributed by atoms with Crippen LogP contribution in [0.4, 0.5) is 4.79 Å². The zero-order valence-electron chi connectivity index (χ0n) is 13.7. The lowest BCUT2D eigenvalue weighted by atomic mass is 10.0. The molecule has 23 heavy (non-hydrogen) atoms. The number of amides is 1. The van der Waals surface area contributed by atoms with Crippen molar-refractivity contribution >= 4 is 22.0 Å². The maximum absolute atomic E-state index is 12.4. The van der Waals surface area contributed by atoms with Crippen LogP contribution in [0.2, 0.25) is 0 Å². The predicted octanol–water partition coefficient (Wildman–Crippen LogP) is 2.62. The predicted molar refractivity (Wildman–Crippen MR) is 91.1 cm³/mol. The van der Waals surface area contributed by atoms with E-state index in [4.69, 9.17) is 0 Å². The third kappa shape index (κ3) is 3.36. The van der Waals surface area contributed by atoms with Crippen LogP contribution in [0.25, 0.3) is 5.69 Å². The molecule has 0 bridgehead atoms. The number of carbonyl (C=O) groups is 1. The molecule has 8 heteroatoms. The quantitative estimate of drug-likeness (QED) is 0.762. The number of benzene rings is 1. The summed E-state index contributed by atoms with van der Waals surface area (Å²) in [6.07, 6.45) is 0. The van der Waals surface area contributed by atoms with Crippen LogP contribution < -0.4 is 5.69 Å². The van der Waals surface area contributed by atoms with Crippen LogP contribution in [-0.2, 0) is 0 Å². The molecule has 1 aromatic carbocycles. The molecule has 0 saturated heterocycles. The minimum absolute atomic E-state index is 0.357. The molecule has 0 aliphatic carbocycles. The van der Waals surface area contributed by atoms with Gasteiger partial charge >= 0.3 is 11.7 Å². The lowest BCUT2D eigenvalue weighted by Crippen LogP contribution is -2.40. The van der Waals surface area contributed by atoms with Crippen molar-refractivity contribution < 1.29 is 4.79 Å². The maximum atomic E-state index is 12.4. The molecule has 0 aliphatic rings. The lowest BCUT2D eigenvalue weighted by molar-refractivity contribution is 0.200. The van der Waals surface area contributed by atoms with Crippen LogP contribution in [0, 0.1) is 0 Å². The van der Waals surface area contributed by atoms with Crippen molar-refractivity contribution in [3.05, 3.63) is 38.7 Å². The highest BCUT2D eigenvalue weighted by molar-refractivity contribution is 9.10. The van der Waals surface area contributed by atoms with Gasteiger partial charge in [0.05, 0.1) is 5.69 Å². The van der Waals surface area contributed by atoms with Gasteiger partial charge in [-0.3, -0.25) is 0 Å². The summed E-state index contributed by atoms with van der Waals surface area (Å²) in [6.45, 7) is 8.87. The first kappa shape index (κ1) is 17.4. The molecule has 0 aliphatic heterocycles. The Kier molecular flexibility index (Phi) is 5.35. The fourth-order valence-electron chi connectivity index (χ4n) is 2.27. The minimum Gasteiger partial charge on any atom is -0.323 e. The Bertz CT molecular complexity index is 761. The van der Waals surface area contributed by atoms with E-state index in [1.807, 2.05) is 19.9 Å². The van der Waals surface area contributed by atoms with Crippen LogP contribution in [0.1, 0.15) is 39.2 Å². The van der Waals surface area contributed by atoms with Gasteiger partial charge in [-0.05, 0) is 47.9 Å². The van der Waals surface area contributed by atoms with E-state index >= 15 is 0 Å². The fourth-order valence-corrected chi connectivity index (χ4v) is 3.10. The summed E-state index contributed by atoms with van der Waals surface area (Å²) in [7, 11) is 0. The van der Waals surface area contributed by atoms with Gasteiger partial charge in [-0.1, -0.05) is 35.8 Å². The van der Waals surface area contributed by atoms with E-state index in [2.05, 4.69) is 40.2 Å². The number of hydrogen-bond donors (Lipinski definition) is 0. The monoisotopic (exact) mass is 381 g/mol. The zero-order chi connectivity index (χ0) is 17.1. The lowest BCUT2D eigenvalue weighted by Gasteiger charge is -2.16. The van der Waals surface area contributed by atoms with Crippen LogP contribution >= 0.6 is 15.9 Å². The Hall–Kier alpha value is -1.96. The van der Waals surface area contributed by atoms with Crippen molar-refractivity contribution in [1.29, 1.82) is 0 Å². The van der Waals surface area contributed by atoms with E-state index in [-0.39, 0.29) is 0 Å². The second-order valence-corrected chi connectivity index (χ2v) is 6.25. The Balaban J connectivity index is 2.42. The topological polar surface area (TPSA) is 73.0 Å². The SMILES string of the molecule is CCN(CC)C(=O)n1nnn(-c2ccc(C(C)C)c(Br)c2)c1=O. The second kappa shape index (κ2) is 7.08. The first-order valence-corrected chi connectivity index (χ1v) is 8.34. The van der Waals surface area contributed by atoms with Crippen molar-refractivity contribution in [3.8, 4) is 5.69 Å². The summed E-state index contributed by atoms with van der Waals surface area (Å²) in [6, 6.07) is 5.06. The van der Waals surface area contributed by atoms with Crippen molar-refractivity contribution in [2.75, 3.05) is 13.1 Å². The minimum atomic E-state index is -0.578. The van der Waals surface area contributed by atoms with E-state index in [9.17, 15) is 9.59 Å². The van der Waals surface area contributed by atoms with Crippen LogP contribution in [0.3, 0.4) is 0 Å². The van der Waals surface area contributed by atoms with Gasteiger partial charge in [0.15, 0.2) is 0 Å². The molecule has 0 fully saturated rings. The second-order valence-electron chi connectivity index (χ2n) is 5.40. The van der Waals surface area contributed by atoms with Crippen molar-refractivity contribution in [3.63, 3.8) is 0 Å². The molecule has 0 unspecified atom stereocenters. The number of nitrogens with zero attached hydrogens (tertiary/aromatic N) is 5. The number of tetrazole rings is 1. The smallest absolute Gasteiger partial charge is 0.323 e. The summed E-state index contributed by atoms with van der Waals surface area (Å²) in [4.78, 5) is 26.2. The molecule has 2 aromatic rings. The van der Waals surface area contributed by atoms with E-state index in [0.29, 0.717) is 24.7 Å². The van der Waals surface area contributed by atoms with Crippen molar-refractivity contribution in [2.45, 2.75) is 33.6 Å². The van der Waals surface area contributed by atoms with Crippen LogP contribution in [0.5, 0.6) is 0 Å². The number of aromatic nitrogens is 4. The molecular weight excluding hydrogens is 362 g/mol. The van der Waals surface area contributed by atoms with E-state index in [1.54, 1.807) is 12.1 Å². The van der Waals surface area contributed by atoms with Gasteiger partial charge in [0.2, 0.25) is 0 Å². The van der Waals surface area contributed by atoms with Gasteiger partial charge in [0.25, 0.3) is 0 Å². The third-order valence-electron chi connectivity index (χ3n) is 3.65. The summed E-state index contributed by atoms with van der Waals surface area (Å²) < 4.78 is 2.80. The molecular formula is C15H20BrN5O2. The molecule has 0 atom stereocenters. The Morgan fingerprint density at radius 3 is 2.43 bits per heavy atom. The molecule has 1 amide bonds. The van der Waals surface area contributed by atoms with Crippen LogP contribution in [-0.4, -0.2) is 43.8 Å². The van der Waals surface area contributed by atoms with Crippen molar-refractivity contribution in [1.82, 2.24) is 24.7 Å². The first-order chi connectivity index (χ1) is 10.9. The summed E-state index contributed by atoms with van der Waals surface area (Å²) in [5, 5.41) is 7.53. The van der Waals surface area contributed by atoms with Gasteiger partial charge < -0.3 is 4.90 Å². The van der Waals surface area contributed by atoms with E-state index < -0.39 is 11.7 Å². The summed E-state index contributed by atoms with van der Waals surface area (Å²) >= 11 is 3.51. The first-order valence-electron chi connectivity index (χ1n) is 7.54. The van der Waals surface area contributed by atoms with Gasteiger partial charge in [-0.2, -0.15) is 4.68 Å². The number of rotatable bonds is 4. The highest BCUT2D eigenvalue weighted by Gasteiger charge is 2.19. The van der Waals surface area contributed by atoms with Crippen molar-refractivity contribution in [2.24, 2.45) is 0 Å². The number of hydrogen-bond acceptors (Lipinski definition) is 4. The molecule has 0 radical (unpaired) electrons. The Labute approximate surface area is 143 Å². The van der Waals surface area contributed by atoms with E-state index in [1.165, 1.54) is 4.90 Å². The largest absolute Gasteiger partial charge is 0.377 e. The van der Waals surface area contributed by atoms with Gasteiger partial charge in [0, 0.05) is 17.6 Å². The Morgan fingerprint density at radius 2 is 1.91 bits per heavy atom. The number of carbonyl (C=O) groups excluding carboxylic acids is 1. The normalized spacial score (nSPS) is 11.0. The maximum Gasteiger partial charge on any atom is 0.377 e. The number of halogens is 1. The molecule has 1 heterocycles. The average Bonchev–Trinajstić information content (AvgIpc) is 2.89. The van der Waals surface area contributed by atoms with Crippen LogP contribution in [0.15, 0.2) is 27.5 Å². The molecule has 1 aromatic heterocycles. The molecule has 0 spiro atoms. The molecule has 2 rings (SSSR count). The zero-order valence-corrected chi connectivity index (χ0v) is 15.2. The molecule has 124 valence electrons. The van der Waals surface area contributed by atoms with E-state index in [0.717, 1.165) is 19.4 Å². The average molecular weight is 382 g/mol. The molecule has 7 nitrogen and oxygen atoms in total.